The van der Waals surface area contributed by atoms with E-state index in [1.54, 1.807) is 13.2 Å². The van der Waals surface area contributed by atoms with Crippen molar-refractivity contribution < 1.29 is 14.3 Å². The highest BCUT2D eigenvalue weighted by Crippen LogP contribution is 2.31. The van der Waals surface area contributed by atoms with Gasteiger partial charge in [-0.25, -0.2) is 4.98 Å². The Morgan fingerprint density at radius 3 is 2.61 bits per heavy atom. The molecule has 3 aromatic rings. The molecule has 0 aliphatic heterocycles. The summed E-state index contributed by atoms with van der Waals surface area (Å²) < 4.78 is 10.9. The minimum Gasteiger partial charge on any atom is -0.493 e. The molecule has 28 heavy (non-hydrogen) atoms. The minimum atomic E-state index is -0.108. The van der Waals surface area contributed by atoms with E-state index in [1.807, 2.05) is 25.1 Å². The van der Waals surface area contributed by atoms with Gasteiger partial charge in [-0.05, 0) is 38.5 Å². The van der Waals surface area contributed by atoms with Gasteiger partial charge in [-0.15, -0.1) is 0 Å². The number of fused-ring (bicyclic) bond motifs is 1. The molecule has 0 radical (unpaired) electrons. The third-order valence-corrected chi connectivity index (χ3v) is 4.49. The van der Waals surface area contributed by atoms with Crippen molar-refractivity contribution in [2.75, 3.05) is 26.9 Å². The number of amides is 1. The van der Waals surface area contributed by atoms with Crippen LogP contribution in [0.2, 0.25) is 0 Å². The molecule has 0 aliphatic rings. The van der Waals surface area contributed by atoms with Crippen LogP contribution in [0, 0.1) is 6.92 Å². The molecule has 0 fully saturated rings. The molecule has 0 bridgehead atoms. The van der Waals surface area contributed by atoms with E-state index < -0.39 is 0 Å². The average Bonchev–Trinajstić information content (AvgIpc) is 2.71. The van der Waals surface area contributed by atoms with Crippen LogP contribution in [-0.4, -0.2) is 37.8 Å². The zero-order valence-electron chi connectivity index (χ0n) is 16.6. The number of methoxy groups -OCH3 is 1. The van der Waals surface area contributed by atoms with E-state index in [2.05, 4.69) is 36.5 Å². The van der Waals surface area contributed by atoms with Crippen LogP contribution in [0.1, 0.15) is 29.3 Å². The smallest absolute Gasteiger partial charge is 0.251 e. The number of ether oxygens (including phenoxy) is 2. The second kappa shape index (κ2) is 9.33. The van der Waals surface area contributed by atoms with E-state index in [9.17, 15) is 4.79 Å². The van der Waals surface area contributed by atoms with E-state index in [0.29, 0.717) is 25.3 Å². The topological polar surface area (TPSA) is 60.5 Å². The predicted octanol–water partition coefficient (Wildman–Crippen LogP) is 4.38. The maximum absolute atomic E-state index is 12.4. The third kappa shape index (κ3) is 4.67. The lowest BCUT2D eigenvalue weighted by Gasteiger charge is -2.12. The van der Waals surface area contributed by atoms with E-state index in [4.69, 9.17) is 14.5 Å². The van der Waals surface area contributed by atoms with Gasteiger partial charge in [0.1, 0.15) is 5.75 Å². The minimum absolute atomic E-state index is 0.108. The molecule has 0 saturated carbocycles. The van der Waals surface area contributed by atoms with Gasteiger partial charge in [0.2, 0.25) is 0 Å². The van der Waals surface area contributed by atoms with Crippen molar-refractivity contribution in [3.8, 4) is 17.0 Å². The Labute approximate surface area is 165 Å². The molecule has 1 heterocycles. The van der Waals surface area contributed by atoms with E-state index >= 15 is 0 Å². The molecule has 0 aliphatic carbocycles. The second-order valence-corrected chi connectivity index (χ2v) is 6.64. The molecule has 3 rings (SSSR count). The first-order valence-electron chi connectivity index (χ1n) is 9.54. The molecule has 0 atom stereocenters. The van der Waals surface area contributed by atoms with E-state index in [-0.39, 0.29) is 5.91 Å². The van der Waals surface area contributed by atoms with Crippen molar-refractivity contribution in [1.82, 2.24) is 10.3 Å². The first-order valence-corrected chi connectivity index (χ1v) is 9.54. The Balaban J connectivity index is 1.93. The third-order valence-electron chi connectivity index (χ3n) is 4.49. The normalized spacial score (nSPS) is 10.8. The monoisotopic (exact) mass is 378 g/mol. The SMILES string of the molecule is CCOc1cc(-c2ccc(C)cc2)nc2ccc(C(=O)NCCCOC)cc12. The van der Waals surface area contributed by atoms with Gasteiger partial charge in [-0.3, -0.25) is 4.79 Å². The largest absolute Gasteiger partial charge is 0.493 e. The number of carbonyl (C=O) groups excluding carboxylic acids is 1. The number of rotatable bonds is 8. The number of aromatic nitrogens is 1. The summed E-state index contributed by atoms with van der Waals surface area (Å²) in [4.78, 5) is 17.2. The quantitative estimate of drug-likeness (QED) is 0.591. The van der Waals surface area contributed by atoms with Gasteiger partial charge in [0.05, 0.1) is 17.8 Å². The Morgan fingerprint density at radius 1 is 1.11 bits per heavy atom. The standard InChI is InChI=1S/C23H26N2O3/c1-4-28-22-15-21(17-8-6-16(2)7-9-17)25-20-11-10-18(14-19(20)22)23(26)24-12-5-13-27-3/h6-11,14-15H,4-5,12-13H2,1-3H3,(H,24,26). The van der Waals surface area contributed by atoms with Crippen LogP contribution in [0.3, 0.4) is 0 Å². The lowest BCUT2D eigenvalue weighted by molar-refractivity contribution is 0.0948. The van der Waals surface area contributed by atoms with Crippen LogP contribution in [0.4, 0.5) is 0 Å². The highest BCUT2D eigenvalue weighted by atomic mass is 16.5. The van der Waals surface area contributed by atoms with Crippen molar-refractivity contribution in [3.05, 3.63) is 59.7 Å². The van der Waals surface area contributed by atoms with Crippen LogP contribution in [0.25, 0.3) is 22.2 Å². The van der Waals surface area contributed by atoms with Gasteiger partial charge in [0, 0.05) is 42.8 Å². The molecular weight excluding hydrogens is 352 g/mol. The summed E-state index contributed by atoms with van der Waals surface area (Å²) in [5.74, 6) is 0.625. The molecule has 0 spiro atoms. The lowest BCUT2D eigenvalue weighted by atomic mass is 10.1. The highest BCUT2D eigenvalue weighted by molar-refractivity contribution is 5.99. The first kappa shape index (κ1) is 19.8. The number of nitrogens with one attached hydrogen (secondary N) is 1. The van der Waals surface area contributed by atoms with Gasteiger partial charge in [-0.2, -0.15) is 0 Å². The van der Waals surface area contributed by atoms with Gasteiger partial charge in [-0.1, -0.05) is 29.8 Å². The molecule has 2 aromatic carbocycles. The highest BCUT2D eigenvalue weighted by Gasteiger charge is 2.12. The summed E-state index contributed by atoms with van der Waals surface area (Å²) in [5, 5.41) is 3.75. The summed E-state index contributed by atoms with van der Waals surface area (Å²) >= 11 is 0. The van der Waals surface area contributed by atoms with Crippen LogP contribution < -0.4 is 10.1 Å². The zero-order chi connectivity index (χ0) is 19.9. The van der Waals surface area contributed by atoms with Gasteiger partial charge in [0.15, 0.2) is 0 Å². The molecule has 1 aromatic heterocycles. The number of hydrogen-bond donors (Lipinski definition) is 1. The molecule has 1 N–H and O–H groups in total. The van der Waals surface area contributed by atoms with Crippen LogP contribution in [-0.2, 0) is 4.74 Å². The summed E-state index contributed by atoms with van der Waals surface area (Å²) in [7, 11) is 1.65. The Hall–Kier alpha value is -2.92. The van der Waals surface area contributed by atoms with Gasteiger partial charge < -0.3 is 14.8 Å². The molecular formula is C23H26N2O3. The molecule has 0 saturated heterocycles. The molecule has 0 unspecified atom stereocenters. The zero-order valence-corrected chi connectivity index (χ0v) is 16.6. The summed E-state index contributed by atoms with van der Waals surface area (Å²) in [6.07, 6.45) is 0.779. The molecule has 146 valence electrons. The van der Waals surface area contributed by atoms with Crippen molar-refractivity contribution in [1.29, 1.82) is 0 Å². The molecule has 5 heteroatoms. The Kier molecular flexibility index (Phi) is 6.61. The number of aryl methyl sites for hydroxylation is 1. The number of hydrogen-bond acceptors (Lipinski definition) is 4. The molecule has 1 amide bonds. The summed E-state index contributed by atoms with van der Waals surface area (Å²) in [6.45, 7) is 5.75. The van der Waals surface area contributed by atoms with Crippen molar-refractivity contribution in [2.24, 2.45) is 0 Å². The van der Waals surface area contributed by atoms with Gasteiger partial charge >= 0.3 is 0 Å². The average molecular weight is 378 g/mol. The number of carbonyl (C=O) groups is 1. The van der Waals surface area contributed by atoms with E-state index in [1.165, 1.54) is 5.56 Å². The lowest BCUT2D eigenvalue weighted by Crippen LogP contribution is -2.25. The fourth-order valence-corrected chi connectivity index (χ4v) is 3.00. The fourth-order valence-electron chi connectivity index (χ4n) is 3.00. The van der Waals surface area contributed by atoms with Crippen molar-refractivity contribution in [2.45, 2.75) is 20.3 Å². The van der Waals surface area contributed by atoms with Crippen LogP contribution >= 0.6 is 0 Å². The second-order valence-electron chi connectivity index (χ2n) is 6.64. The fraction of sp³-hybridized carbons (Fsp3) is 0.304. The maximum atomic E-state index is 12.4. The van der Waals surface area contributed by atoms with Crippen molar-refractivity contribution >= 4 is 16.8 Å². The van der Waals surface area contributed by atoms with Gasteiger partial charge in [0.25, 0.3) is 5.91 Å². The Morgan fingerprint density at radius 2 is 1.89 bits per heavy atom. The predicted molar refractivity (Wildman–Crippen MR) is 112 cm³/mol. The molecule has 5 nitrogen and oxygen atoms in total. The first-order chi connectivity index (χ1) is 13.6. The summed E-state index contributed by atoms with van der Waals surface area (Å²) in [6, 6.07) is 15.7. The number of benzene rings is 2. The van der Waals surface area contributed by atoms with Crippen LogP contribution in [0.15, 0.2) is 48.5 Å². The van der Waals surface area contributed by atoms with E-state index in [0.717, 1.165) is 34.3 Å². The Bertz CT molecular complexity index is 952. The van der Waals surface area contributed by atoms with Crippen molar-refractivity contribution in [3.63, 3.8) is 0 Å². The number of nitrogens with zero attached hydrogens (tertiary/aromatic N) is 1. The number of pyridine rings is 1. The summed E-state index contributed by atoms with van der Waals surface area (Å²) in [5.41, 5.74) is 4.49. The van der Waals surface area contributed by atoms with Crippen LogP contribution in [0.5, 0.6) is 5.75 Å². The maximum Gasteiger partial charge on any atom is 0.251 e.